The molecular weight excluding hydrogens is 835 g/mol. The van der Waals surface area contributed by atoms with E-state index < -0.39 is 39.9 Å². The molecule has 2 aromatic heterocycles. The van der Waals surface area contributed by atoms with E-state index in [4.69, 9.17) is 9.47 Å². The third kappa shape index (κ3) is 15.0. The minimum Gasteiger partial charge on any atom is -0.468 e. The van der Waals surface area contributed by atoms with Gasteiger partial charge in [-0.2, -0.15) is 4.72 Å². The van der Waals surface area contributed by atoms with Crippen LogP contribution in [0.1, 0.15) is 71.6 Å². The number of esters is 1. The van der Waals surface area contributed by atoms with Gasteiger partial charge in [0.1, 0.15) is 11.6 Å². The third-order valence-electron chi connectivity index (χ3n) is 9.89. The SMILES string of the molecule is COC(=O)C(CNC(=O)c1cn(CCCNC(=O)CCC(=O)NCCCOCCCNC(C)=O)c2cc(CNc3nccn3C)ccc2c1=O)NS(=O)(=O)c1c(C)cc(C)cc1C. The zero-order valence-electron chi connectivity index (χ0n) is 36.7. The second kappa shape index (κ2) is 23.9. The number of nitrogens with zero attached hydrogens (tertiary/aromatic N) is 3. The van der Waals surface area contributed by atoms with Gasteiger partial charge in [0.05, 0.1) is 17.5 Å². The zero-order chi connectivity index (χ0) is 46.1. The van der Waals surface area contributed by atoms with Crippen molar-refractivity contribution in [3.05, 3.63) is 87.0 Å². The Labute approximate surface area is 367 Å². The maximum Gasteiger partial charge on any atom is 0.325 e. The van der Waals surface area contributed by atoms with Crippen LogP contribution in [0.5, 0.6) is 0 Å². The third-order valence-corrected chi connectivity index (χ3v) is 11.7. The van der Waals surface area contributed by atoms with Crippen molar-refractivity contribution in [1.82, 2.24) is 40.1 Å². The first-order valence-electron chi connectivity index (χ1n) is 20.7. The predicted octanol–water partition coefficient (Wildman–Crippen LogP) is 1.86. The summed E-state index contributed by atoms with van der Waals surface area (Å²) in [4.78, 5) is 80.5. The lowest BCUT2D eigenvalue weighted by atomic mass is 10.1. The number of hydrogen-bond acceptors (Lipinski definition) is 12. The Kier molecular flexibility index (Phi) is 18.8. The number of benzene rings is 2. The Morgan fingerprint density at radius 3 is 2.10 bits per heavy atom. The van der Waals surface area contributed by atoms with Crippen molar-refractivity contribution in [2.75, 3.05) is 51.8 Å². The van der Waals surface area contributed by atoms with Crippen LogP contribution in [-0.2, 0) is 58.8 Å². The minimum absolute atomic E-state index is 0.00335. The zero-order valence-corrected chi connectivity index (χ0v) is 37.5. The van der Waals surface area contributed by atoms with Crippen LogP contribution >= 0.6 is 0 Å². The largest absolute Gasteiger partial charge is 0.468 e. The molecule has 20 heteroatoms. The van der Waals surface area contributed by atoms with Crippen LogP contribution < -0.4 is 36.7 Å². The minimum atomic E-state index is -4.25. The molecule has 0 fully saturated rings. The molecule has 0 spiro atoms. The topological polar surface area (TPSA) is 250 Å². The van der Waals surface area contributed by atoms with Crippen LogP contribution in [0, 0.1) is 20.8 Å². The van der Waals surface area contributed by atoms with E-state index in [1.54, 1.807) is 55.1 Å². The maximum absolute atomic E-state index is 13.9. The second-order valence-corrected chi connectivity index (χ2v) is 16.8. The summed E-state index contributed by atoms with van der Waals surface area (Å²) in [7, 11) is -1.31. The number of nitrogens with one attached hydrogen (secondary N) is 6. The standard InChI is InChI=1S/C43H59N9O10S/c1-28-22-29(2)40(30(3)23-28)63(59,60)50-35(42(58)61-6)26-48-41(57)34-27-52(36-24-32(10-11-33(36)39(34)56)25-49-43-47-17-19-51(43)5)18-7-14-45-37(54)12-13-38(55)46-16-9-21-62-20-8-15-44-31(4)53/h10-11,17,19,22-24,27,35,50H,7-9,12-16,18,20-21,25-26H2,1-6H3,(H,44,53)(H,45,54)(H,46,55)(H,47,49)(H,48,57). The molecule has 19 nitrogen and oxygen atoms in total. The number of pyridine rings is 1. The number of fused-ring (bicyclic) bond motifs is 1. The lowest BCUT2D eigenvalue weighted by Gasteiger charge is -2.20. The van der Waals surface area contributed by atoms with E-state index in [0.29, 0.717) is 74.7 Å². The molecular formula is C43H59N9O10S. The van der Waals surface area contributed by atoms with E-state index in [1.165, 1.54) is 13.1 Å². The average molecular weight is 894 g/mol. The quantitative estimate of drug-likeness (QED) is 0.0412. The van der Waals surface area contributed by atoms with E-state index in [0.717, 1.165) is 18.2 Å². The summed E-state index contributed by atoms with van der Waals surface area (Å²) in [6.45, 7) is 8.83. The summed E-state index contributed by atoms with van der Waals surface area (Å²) in [5, 5.41) is 14.3. The molecule has 2 heterocycles. The maximum atomic E-state index is 13.9. The van der Waals surface area contributed by atoms with Gasteiger partial charge in [-0.05, 0) is 68.9 Å². The normalized spacial score (nSPS) is 11.8. The molecule has 1 unspecified atom stereocenters. The number of anilines is 1. The fourth-order valence-corrected chi connectivity index (χ4v) is 8.51. The molecule has 4 amide bonds. The average Bonchev–Trinajstić information content (AvgIpc) is 3.65. The number of aromatic nitrogens is 3. The Hall–Kier alpha value is -6.12. The molecule has 0 saturated heterocycles. The fourth-order valence-electron chi connectivity index (χ4n) is 6.88. The summed E-state index contributed by atoms with van der Waals surface area (Å²) in [6.07, 6.45) is 6.53. The molecule has 4 rings (SSSR count). The number of hydrogen-bond donors (Lipinski definition) is 6. The molecule has 0 aliphatic carbocycles. The number of carbonyl (C=O) groups excluding carboxylic acids is 5. The summed E-state index contributed by atoms with van der Waals surface area (Å²) < 4.78 is 43.3. The Balaban J connectivity index is 1.41. The monoisotopic (exact) mass is 893 g/mol. The molecule has 4 aromatic rings. The van der Waals surface area contributed by atoms with Crippen molar-refractivity contribution >= 4 is 56.5 Å². The van der Waals surface area contributed by atoms with Crippen LogP contribution in [0.4, 0.5) is 5.95 Å². The molecule has 0 radical (unpaired) electrons. The van der Waals surface area contributed by atoms with Gasteiger partial charge in [-0.3, -0.25) is 28.8 Å². The predicted molar refractivity (Wildman–Crippen MR) is 236 cm³/mol. The van der Waals surface area contributed by atoms with Gasteiger partial charge in [0.15, 0.2) is 0 Å². The van der Waals surface area contributed by atoms with Gasteiger partial charge in [0.2, 0.25) is 39.1 Å². The first-order valence-corrected chi connectivity index (χ1v) is 22.2. The number of aryl methyl sites for hydroxylation is 5. The number of ether oxygens (including phenoxy) is 2. The van der Waals surface area contributed by atoms with E-state index in [2.05, 4.69) is 36.3 Å². The van der Waals surface area contributed by atoms with Gasteiger partial charge in [0, 0.05) is 103 Å². The van der Waals surface area contributed by atoms with Crippen molar-refractivity contribution < 1.29 is 41.9 Å². The van der Waals surface area contributed by atoms with Gasteiger partial charge < -0.3 is 45.2 Å². The molecule has 342 valence electrons. The smallest absolute Gasteiger partial charge is 0.325 e. The van der Waals surface area contributed by atoms with E-state index in [-0.39, 0.29) is 59.5 Å². The van der Waals surface area contributed by atoms with Gasteiger partial charge >= 0.3 is 5.97 Å². The Morgan fingerprint density at radius 1 is 0.857 bits per heavy atom. The number of sulfonamides is 1. The van der Waals surface area contributed by atoms with Crippen molar-refractivity contribution in [1.29, 1.82) is 0 Å². The number of amides is 4. The molecule has 0 bridgehead atoms. The summed E-state index contributed by atoms with van der Waals surface area (Å²) in [5.41, 5.74) is 2.33. The van der Waals surface area contributed by atoms with Crippen LogP contribution in [0.15, 0.2) is 58.6 Å². The molecule has 0 aliphatic rings. The summed E-state index contributed by atoms with van der Waals surface area (Å²) in [5.74, 6) is -1.81. The Morgan fingerprint density at radius 2 is 1.49 bits per heavy atom. The summed E-state index contributed by atoms with van der Waals surface area (Å²) >= 11 is 0. The first-order chi connectivity index (χ1) is 30.0. The highest BCUT2D eigenvalue weighted by molar-refractivity contribution is 7.89. The van der Waals surface area contributed by atoms with Gasteiger partial charge in [-0.1, -0.05) is 23.8 Å². The first kappa shape index (κ1) is 49.5. The number of carbonyl (C=O) groups is 5. The highest BCUT2D eigenvalue weighted by Gasteiger charge is 2.30. The number of rotatable bonds is 25. The van der Waals surface area contributed by atoms with Gasteiger partial charge in [0.25, 0.3) is 5.91 Å². The van der Waals surface area contributed by atoms with Crippen molar-refractivity contribution in [2.24, 2.45) is 7.05 Å². The molecule has 1 atom stereocenters. The highest BCUT2D eigenvalue weighted by atomic mass is 32.2. The number of imidazole rings is 1. The molecule has 2 aromatic carbocycles. The van der Waals surface area contributed by atoms with Crippen molar-refractivity contribution in [2.45, 2.75) is 83.8 Å². The lowest BCUT2D eigenvalue weighted by Crippen LogP contribution is -2.49. The molecule has 6 N–H and O–H groups in total. The molecule has 0 aliphatic heterocycles. The van der Waals surface area contributed by atoms with Crippen LogP contribution in [0.3, 0.4) is 0 Å². The van der Waals surface area contributed by atoms with E-state index in [1.807, 2.05) is 24.6 Å². The van der Waals surface area contributed by atoms with Gasteiger partial charge in [-0.15, -0.1) is 0 Å². The van der Waals surface area contributed by atoms with E-state index >= 15 is 0 Å². The second-order valence-electron chi connectivity index (χ2n) is 15.1. The van der Waals surface area contributed by atoms with Crippen molar-refractivity contribution in [3.63, 3.8) is 0 Å². The van der Waals surface area contributed by atoms with Gasteiger partial charge in [-0.25, -0.2) is 13.4 Å². The number of methoxy groups -OCH3 is 1. The Bertz CT molecular complexity index is 2410. The van der Waals surface area contributed by atoms with Crippen LogP contribution in [0.2, 0.25) is 0 Å². The molecule has 0 saturated carbocycles. The summed E-state index contributed by atoms with van der Waals surface area (Å²) in [6, 6.07) is 7.09. The fraction of sp³-hybridized carbons (Fsp3) is 0.465. The molecule has 63 heavy (non-hydrogen) atoms. The van der Waals surface area contributed by atoms with Crippen LogP contribution in [-0.4, -0.2) is 105 Å². The van der Waals surface area contributed by atoms with Crippen molar-refractivity contribution in [3.8, 4) is 0 Å². The highest BCUT2D eigenvalue weighted by Crippen LogP contribution is 2.22. The van der Waals surface area contributed by atoms with E-state index in [9.17, 15) is 37.2 Å². The van der Waals surface area contributed by atoms with Crippen LogP contribution in [0.25, 0.3) is 10.9 Å². The lowest BCUT2D eigenvalue weighted by molar-refractivity contribution is -0.142.